The molecule has 1 N–H and O–H groups in total. The van der Waals surface area contributed by atoms with Gasteiger partial charge in [-0.3, -0.25) is 9.59 Å². The molecular formula is C18H26N2O3. The molecule has 0 radical (unpaired) electrons. The molecule has 1 aliphatic heterocycles. The van der Waals surface area contributed by atoms with Crippen LogP contribution in [0.1, 0.15) is 37.3 Å². The molecule has 5 heteroatoms. The van der Waals surface area contributed by atoms with Crippen molar-refractivity contribution >= 4 is 17.5 Å². The lowest BCUT2D eigenvalue weighted by Crippen LogP contribution is -2.50. The van der Waals surface area contributed by atoms with E-state index in [1.165, 1.54) is 5.56 Å². The molecule has 1 aromatic carbocycles. The molecule has 0 aliphatic carbocycles. The third kappa shape index (κ3) is 4.79. The van der Waals surface area contributed by atoms with E-state index < -0.39 is 0 Å². The van der Waals surface area contributed by atoms with Gasteiger partial charge in [0.25, 0.3) is 5.91 Å². The fraction of sp³-hybridized carbons (Fsp3) is 0.556. The van der Waals surface area contributed by atoms with Gasteiger partial charge in [0, 0.05) is 18.7 Å². The topological polar surface area (TPSA) is 58.6 Å². The summed E-state index contributed by atoms with van der Waals surface area (Å²) >= 11 is 0. The second-order valence-electron chi connectivity index (χ2n) is 6.11. The van der Waals surface area contributed by atoms with Crippen molar-refractivity contribution in [1.82, 2.24) is 5.32 Å². The second-order valence-corrected chi connectivity index (χ2v) is 6.11. The van der Waals surface area contributed by atoms with Crippen LogP contribution in [0, 0.1) is 13.8 Å². The quantitative estimate of drug-likeness (QED) is 0.876. The first-order chi connectivity index (χ1) is 11.0. The van der Waals surface area contributed by atoms with Crippen LogP contribution < -0.4 is 10.2 Å². The van der Waals surface area contributed by atoms with Crippen LogP contribution in [-0.4, -0.2) is 37.6 Å². The van der Waals surface area contributed by atoms with Gasteiger partial charge in [-0.1, -0.05) is 19.4 Å². The first-order valence-corrected chi connectivity index (χ1v) is 8.27. The third-order valence-corrected chi connectivity index (χ3v) is 4.22. The van der Waals surface area contributed by atoms with E-state index in [-0.39, 0.29) is 24.5 Å². The predicted octanol–water partition coefficient (Wildman–Crippen LogP) is 2.34. The zero-order valence-electron chi connectivity index (χ0n) is 14.2. The van der Waals surface area contributed by atoms with E-state index in [1.54, 1.807) is 4.90 Å². The maximum atomic E-state index is 12.1. The van der Waals surface area contributed by atoms with Gasteiger partial charge >= 0.3 is 0 Å². The number of hydrogen-bond acceptors (Lipinski definition) is 3. The number of carbonyl (C=O) groups excluding carboxylic acids is 2. The second kappa shape index (κ2) is 8.11. The fourth-order valence-electron chi connectivity index (χ4n) is 2.54. The van der Waals surface area contributed by atoms with Gasteiger partial charge in [-0.25, -0.2) is 0 Å². The fourth-order valence-corrected chi connectivity index (χ4v) is 2.54. The molecule has 0 aromatic heterocycles. The van der Waals surface area contributed by atoms with Crippen LogP contribution in [0.2, 0.25) is 0 Å². The Morgan fingerprint density at radius 3 is 2.83 bits per heavy atom. The summed E-state index contributed by atoms with van der Waals surface area (Å²) < 4.78 is 5.54. The summed E-state index contributed by atoms with van der Waals surface area (Å²) in [7, 11) is 0. The van der Waals surface area contributed by atoms with E-state index in [2.05, 4.69) is 19.2 Å². The molecule has 1 saturated heterocycles. The van der Waals surface area contributed by atoms with Crippen molar-refractivity contribution in [2.75, 3.05) is 24.6 Å². The number of hydrogen-bond donors (Lipinski definition) is 1. The van der Waals surface area contributed by atoms with Crippen LogP contribution in [0.25, 0.3) is 0 Å². The van der Waals surface area contributed by atoms with Crippen molar-refractivity contribution < 1.29 is 14.3 Å². The van der Waals surface area contributed by atoms with Crippen molar-refractivity contribution in [1.29, 1.82) is 0 Å². The zero-order valence-corrected chi connectivity index (χ0v) is 14.2. The molecule has 0 saturated carbocycles. The molecule has 1 aliphatic rings. The average Bonchev–Trinajstić information content (AvgIpc) is 2.54. The van der Waals surface area contributed by atoms with Crippen LogP contribution in [0.4, 0.5) is 5.69 Å². The lowest BCUT2D eigenvalue weighted by molar-refractivity contribution is -0.129. The molecule has 5 nitrogen and oxygen atoms in total. The number of nitrogens with one attached hydrogen (secondary N) is 1. The molecule has 0 bridgehead atoms. The highest BCUT2D eigenvalue weighted by Crippen LogP contribution is 2.21. The molecule has 1 unspecified atom stereocenters. The Morgan fingerprint density at radius 2 is 2.13 bits per heavy atom. The summed E-state index contributed by atoms with van der Waals surface area (Å²) in [5.74, 6) is 0.00638. The monoisotopic (exact) mass is 318 g/mol. The summed E-state index contributed by atoms with van der Waals surface area (Å²) in [5, 5.41) is 2.89. The average molecular weight is 318 g/mol. The number of nitrogens with zero attached hydrogens (tertiary/aromatic N) is 1. The first kappa shape index (κ1) is 17.5. The van der Waals surface area contributed by atoms with E-state index in [0.29, 0.717) is 19.5 Å². The molecular weight excluding hydrogens is 292 g/mol. The normalized spacial score (nSPS) is 18.1. The van der Waals surface area contributed by atoms with Crippen LogP contribution in [-0.2, 0) is 14.3 Å². The summed E-state index contributed by atoms with van der Waals surface area (Å²) in [5.41, 5.74) is 3.25. The number of ether oxygens (including phenoxy) is 1. The van der Waals surface area contributed by atoms with Crippen molar-refractivity contribution in [3.63, 3.8) is 0 Å². The Hall–Kier alpha value is -1.88. The largest absolute Gasteiger partial charge is 0.365 e. The molecule has 1 aromatic rings. The number of anilines is 1. The highest BCUT2D eigenvalue weighted by molar-refractivity contribution is 5.95. The predicted molar refractivity (Wildman–Crippen MR) is 90.5 cm³/mol. The Morgan fingerprint density at radius 1 is 1.35 bits per heavy atom. The number of carbonyl (C=O) groups is 2. The van der Waals surface area contributed by atoms with E-state index in [9.17, 15) is 9.59 Å². The number of amides is 2. The summed E-state index contributed by atoms with van der Waals surface area (Å²) in [6, 6.07) is 6.01. The lowest BCUT2D eigenvalue weighted by Gasteiger charge is -2.33. The minimum atomic E-state index is -0.167. The summed E-state index contributed by atoms with van der Waals surface area (Å²) in [4.78, 5) is 25.6. The van der Waals surface area contributed by atoms with Crippen LogP contribution in [0.5, 0.6) is 0 Å². The molecule has 2 amide bonds. The van der Waals surface area contributed by atoms with E-state index in [4.69, 9.17) is 4.74 Å². The number of rotatable bonds is 6. The SMILES string of the molecule is CCCCC(=O)NCC1CN(c2ccc(C)c(C)c2)C(=O)CO1. The maximum absolute atomic E-state index is 12.1. The standard InChI is InChI=1S/C18H26N2O3/c1-4-5-6-17(21)19-10-16-11-20(18(22)12-23-16)15-8-7-13(2)14(3)9-15/h7-9,16H,4-6,10-12H2,1-3H3,(H,19,21). The first-order valence-electron chi connectivity index (χ1n) is 8.27. The van der Waals surface area contributed by atoms with Gasteiger partial charge < -0.3 is 15.0 Å². The number of morpholine rings is 1. The molecule has 126 valence electrons. The Labute approximate surface area is 138 Å². The van der Waals surface area contributed by atoms with Gasteiger partial charge in [0.2, 0.25) is 5.91 Å². The molecule has 1 atom stereocenters. The van der Waals surface area contributed by atoms with Gasteiger partial charge in [-0.05, 0) is 43.5 Å². The molecule has 1 heterocycles. The molecule has 1 fully saturated rings. The van der Waals surface area contributed by atoms with Crippen molar-refractivity contribution in [2.24, 2.45) is 0 Å². The molecule has 0 spiro atoms. The Kier molecular flexibility index (Phi) is 6.16. The van der Waals surface area contributed by atoms with Crippen molar-refractivity contribution in [2.45, 2.75) is 46.1 Å². The van der Waals surface area contributed by atoms with E-state index in [1.807, 2.05) is 25.1 Å². The number of aryl methyl sites for hydroxylation is 2. The van der Waals surface area contributed by atoms with Gasteiger partial charge in [-0.15, -0.1) is 0 Å². The Bertz CT molecular complexity index is 571. The van der Waals surface area contributed by atoms with E-state index >= 15 is 0 Å². The summed E-state index contributed by atoms with van der Waals surface area (Å²) in [6.45, 7) is 7.11. The van der Waals surface area contributed by atoms with Gasteiger partial charge in [0.1, 0.15) is 6.61 Å². The lowest BCUT2D eigenvalue weighted by atomic mass is 10.1. The Balaban J connectivity index is 1.94. The minimum absolute atomic E-state index is 0.0400. The number of benzene rings is 1. The molecule has 23 heavy (non-hydrogen) atoms. The minimum Gasteiger partial charge on any atom is -0.365 e. The summed E-state index contributed by atoms with van der Waals surface area (Å²) in [6.07, 6.45) is 2.27. The van der Waals surface area contributed by atoms with Crippen molar-refractivity contribution in [3.8, 4) is 0 Å². The van der Waals surface area contributed by atoms with Gasteiger partial charge in [0.15, 0.2) is 0 Å². The van der Waals surface area contributed by atoms with Crippen LogP contribution in [0.3, 0.4) is 0 Å². The maximum Gasteiger partial charge on any atom is 0.253 e. The highest BCUT2D eigenvalue weighted by Gasteiger charge is 2.27. The van der Waals surface area contributed by atoms with Gasteiger partial charge in [0.05, 0.1) is 12.6 Å². The smallest absolute Gasteiger partial charge is 0.253 e. The van der Waals surface area contributed by atoms with E-state index in [0.717, 1.165) is 24.1 Å². The van der Waals surface area contributed by atoms with Crippen LogP contribution >= 0.6 is 0 Å². The van der Waals surface area contributed by atoms with Crippen molar-refractivity contribution in [3.05, 3.63) is 29.3 Å². The highest BCUT2D eigenvalue weighted by atomic mass is 16.5. The zero-order chi connectivity index (χ0) is 16.8. The van der Waals surface area contributed by atoms with Crippen LogP contribution in [0.15, 0.2) is 18.2 Å². The molecule has 2 rings (SSSR count). The third-order valence-electron chi connectivity index (χ3n) is 4.22. The van der Waals surface area contributed by atoms with Gasteiger partial charge in [-0.2, -0.15) is 0 Å². The number of unbranched alkanes of at least 4 members (excludes halogenated alkanes) is 1.